The van der Waals surface area contributed by atoms with Gasteiger partial charge in [-0.3, -0.25) is 14.3 Å². The zero-order chi connectivity index (χ0) is 21.6. The lowest BCUT2D eigenvalue weighted by molar-refractivity contribution is -0.119. The van der Waals surface area contributed by atoms with E-state index >= 15 is 0 Å². The molecule has 1 amide bonds. The van der Waals surface area contributed by atoms with E-state index in [1.54, 1.807) is 35.2 Å². The first-order valence-electron chi connectivity index (χ1n) is 9.71. The first kappa shape index (κ1) is 20.7. The number of amides is 1. The van der Waals surface area contributed by atoms with E-state index < -0.39 is 0 Å². The van der Waals surface area contributed by atoms with E-state index in [0.29, 0.717) is 16.5 Å². The molecule has 0 aliphatic heterocycles. The van der Waals surface area contributed by atoms with Gasteiger partial charge in [0.1, 0.15) is 5.82 Å². The summed E-state index contributed by atoms with van der Waals surface area (Å²) in [6, 6.07) is 19.5. The number of benzene rings is 2. The molecule has 0 fully saturated rings. The minimum atomic E-state index is -0.383. The third kappa shape index (κ3) is 4.80. The lowest BCUT2D eigenvalue weighted by Crippen LogP contribution is -2.28. The number of rotatable bonds is 7. The molecular weight excluding hydrogens is 413 g/mol. The van der Waals surface area contributed by atoms with E-state index in [4.69, 9.17) is 0 Å². The second-order valence-corrected chi connectivity index (χ2v) is 7.76. The number of pyridine rings is 1. The molecule has 1 N–H and O–H groups in total. The summed E-state index contributed by atoms with van der Waals surface area (Å²) in [5, 5.41) is 11.9. The van der Waals surface area contributed by atoms with Crippen molar-refractivity contribution >= 4 is 17.7 Å². The first-order valence-corrected chi connectivity index (χ1v) is 10.7. The van der Waals surface area contributed by atoms with Gasteiger partial charge in [-0.25, -0.2) is 4.39 Å². The van der Waals surface area contributed by atoms with Crippen molar-refractivity contribution in [3.05, 3.63) is 90.5 Å². The minimum Gasteiger partial charge on any atom is -0.349 e. The predicted octanol–water partition coefficient (Wildman–Crippen LogP) is 4.44. The fourth-order valence-electron chi connectivity index (χ4n) is 3.12. The van der Waals surface area contributed by atoms with E-state index in [1.807, 2.05) is 49.4 Å². The SMILES string of the molecule is CC(NC(=O)CSc1nnc(-c2ccccc2F)n1-c1ccccc1)c1cccnc1. The zero-order valence-electron chi connectivity index (χ0n) is 16.8. The van der Waals surface area contributed by atoms with Crippen molar-refractivity contribution in [3.8, 4) is 17.1 Å². The molecule has 4 aromatic rings. The molecule has 2 heterocycles. The Morgan fingerprint density at radius 2 is 1.84 bits per heavy atom. The van der Waals surface area contributed by atoms with Crippen LogP contribution >= 0.6 is 11.8 Å². The molecule has 0 bridgehead atoms. The van der Waals surface area contributed by atoms with Crippen LogP contribution < -0.4 is 5.32 Å². The number of thioether (sulfide) groups is 1. The Labute approximate surface area is 183 Å². The fraction of sp³-hybridized carbons (Fsp3) is 0.130. The summed E-state index contributed by atoms with van der Waals surface area (Å²) in [6.45, 7) is 1.91. The maximum absolute atomic E-state index is 14.4. The summed E-state index contributed by atoms with van der Waals surface area (Å²) in [4.78, 5) is 16.6. The molecule has 4 rings (SSSR count). The lowest BCUT2D eigenvalue weighted by atomic mass is 10.1. The normalized spacial score (nSPS) is 11.8. The number of hydrogen-bond acceptors (Lipinski definition) is 5. The molecule has 2 aromatic carbocycles. The molecule has 156 valence electrons. The molecule has 6 nitrogen and oxygen atoms in total. The van der Waals surface area contributed by atoms with Crippen LogP contribution in [0.25, 0.3) is 17.1 Å². The molecule has 0 aliphatic carbocycles. The van der Waals surface area contributed by atoms with Gasteiger partial charge in [0.25, 0.3) is 0 Å². The Balaban J connectivity index is 1.56. The van der Waals surface area contributed by atoms with Crippen molar-refractivity contribution in [2.45, 2.75) is 18.1 Å². The molecule has 0 aliphatic rings. The molecule has 0 spiro atoms. The highest BCUT2D eigenvalue weighted by molar-refractivity contribution is 7.99. The van der Waals surface area contributed by atoms with E-state index in [0.717, 1.165) is 11.3 Å². The monoisotopic (exact) mass is 433 g/mol. The Kier molecular flexibility index (Phi) is 6.37. The highest BCUT2D eigenvalue weighted by atomic mass is 32.2. The predicted molar refractivity (Wildman–Crippen MR) is 118 cm³/mol. The maximum atomic E-state index is 14.4. The molecule has 2 aromatic heterocycles. The van der Waals surface area contributed by atoms with Gasteiger partial charge in [0.2, 0.25) is 5.91 Å². The average Bonchev–Trinajstić information content (AvgIpc) is 3.23. The highest BCUT2D eigenvalue weighted by Crippen LogP contribution is 2.29. The van der Waals surface area contributed by atoms with Crippen molar-refractivity contribution in [1.82, 2.24) is 25.1 Å². The van der Waals surface area contributed by atoms with Gasteiger partial charge in [-0.2, -0.15) is 0 Å². The first-order chi connectivity index (χ1) is 15.1. The van der Waals surface area contributed by atoms with Crippen LogP contribution in [0.3, 0.4) is 0 Å². The summed E-state index contributed by atoms with van der Waals surface area (Å²) < 4.78 is 16.2. The zero-order valence-corrected chi connectivity index (χ0v) is 17.6. The average molecular weight is 434 g/mol. The van der Waals surface area contributed by atoms with Crippen LogP contribution in [0, 0.1) is 5.82 Å². The number of nitrogens with one attached hydrogen (secondary N) is 1. The van der Waals surface area contributed by atoms with Crippen LogP contribution in [0.4, 0.5) is 4.39 Å². The molecule has 0 radical (unpaired) electrons. The number of nitrogens with zero attached hydrogens (tertiary/aromatic N) is 4. The Morgan fingerprint density at radius 3 is 2.58 bits per heavy atom. The number of carbonyl (C=O) groups excluding carboxylic acids is 1. The van der Waals surface area contributed by atoms with Crippen LogP contribution in [0.5, 0.6) is 0 Å². The number of para-hydroxylation sites is 1. The molecule has 8 heteroatoms. The topological polar surface area (TPSA) is 72.7 Å². The van der Waals surface area contributed by atoms with Crippen LogP contribution in [-0.2, 0) is 4.79 Å². The van der Waals surface area contributed by atoms with Crippen molar-refractivity contribution in [1.29, 1.82) is 0 Å². The molecule has 0 saturated heterocycles. The summed E-state index contributed by atoms with van der Waals surface area (Å²) in [5.41, 5.74) is 2.06. The number of aromatic nitrogens is 4. The largest absolute Gasteiger partial charge is 0.349 e. The van der Waals surface area contributed by atoms with Gasteiger partial charge in [0, 0.05) is 18.1 Å². The van der Waals surface area contributed by atoms with Gasteiger partial charge >= 0.3 is 0 Å². The third-order valence-electron chi connectivity index (χ3n) is 4.66. The van der Waals surface area contributed by atoms with Crippen LogP contribution in [0.2, 0.25) is 0 Å². The Bertz CT molecular complexity index is 1170. The molecule has 31 heavy (non-hydrogen) atoms. The summed E-state index contributed by atoms with van der Waals surface area (Å²) in [7, 11) is 0. The fourth-order valence-corrected chi connectivity index (χ4v) is 3.88. The van der Waals surface area contributed by atoms with Crippen LogP contribution in [-0.4, -0.2) is 31.4 Å². The van der Waals surface area contributed by atoms with Crippen molar-refractivity contribution in [3.63, 3.8) is 0 Å². The van der Waals surface area contributed by atoms with E-state index in [1.165, 1.54) is 17.8 Å². The summed E-state index contributed by atoms with van der Waals surface area (Å²) in [6.07, 6.45) is 3.42. The van der Waals surface area contributed by atoms with E-state index in [9.17, 15) is 9.18 Å². The van der Waals surface area contributed by atoms with Gasteiger partial charge < -0.3 is 5.32 Å². The van der Waals surface area contributed by atoms with Gasteiger partial charge in [-0.1, -0.05) is 48.2 Å². The Morgan fingerprint density at radius 1 is 1.06 bits per heavy atom. The van der Waals surface area contributed by atoms with Gasteiger partial charge in [0.05, 0.1) is 17.4 Å². The summed E-state index contributed by atoms with van der Waals surface area (Å²) >= 11 is 1.25. The highest BCUT2D eigenvalue weighted by Gasteiger charge is 2.19. The standard InChI is InChI=1S/C23H20FN5OS/c1-16(17-8-7-13-25-14-17)26-21(30)15-31-23-28-27-22(19-11-5-6-12-20(19)24)29(23)18-9-3-2-4-10-18/h2-14,16H,15H2,1H3,(H,26,30). The number of hydrogen-bond donors (Lipinski definition) is 1. The maximum Gasteiger partial charge on any atom is 0.230 e. The molecule has 0 saturated carbocycles. The van der Waals surface area contributed by atoms with Crippen molar-refractivity contribution < 1.29 is 9.18 Å². The van der Waals surface area contributed by atoms with Crippen LogP contribution in [0.1, 0.15) is 18.5 Å². The number of halogens is 1. The second kappa shape index (κ2) is 9.53. The quantitative estimate of drug-likeness (QED) is 0.436. The second-order valence-electron chi connectivity index (χ2n) is 6.82. The third-order valence-corrected chi connectivity index (χ3v) is 5.59. The van der Waals surface area contributed by atoms with Crippen LogP contribution in [0.15, 0.2) is 84.3 Å². The smallest absolute Gasteiger partial charge is 0.230 e. The Hall–Kier alpha value is -3.52. The molecule has 1 unspecified atom stereocenters. The van der Waals surface area contributed by atoms with Gasteiger partial charge in [-0.05, 0) is 42.8 Å². The lowest BCUT2D eigenvalue weighted by Gasteiger charge is -2.14. The molecule has 1 atom stereocenters. The summed E-state index contributed by atoms with van der Waals surface area (Å²) in [5.74, 6) is 0.00587. The van der Waals surface area contributed by atoms with Gasteiger partial charge in [-0.15, -0.1) is 10.2 Å². The number of carbonyl (C=O) groups is 1. The minimum absolute atomic E-state index is 0.142. The molecular formula is C23H20FN5OS. The van der Waals surface area contributed by atoms with Crippen molar-refractivity contribution in [2.75, 3.05) is 5.75 Å². The van der Waals surface area contributed by atoms with E-state index in [-0.39, 0.29) is 23.5 Å². The van der Waals surface area contributed by atoms with E-state index in [2.05, 4.69) is 20.5 Å². The van der Waals surface area contributed by atoms with Gasteiger partial charge in [0.15, 0.2) is 11.0 Å². The van der Waals surface area contributed by atoms with Crippen molar-refractivity contribution in [2.24, 2.45) is 0 Å².